The zero-order valence-electron chi connectivity index (χ0n) is 26.2. The van der Waals surface area contributed by atoms with Crippen molar-refractivity contribution >= 4 is 64.4 Å². The molecule has 2 aliphatic rings. The zero-order chi connectivity index (χ0) is 34.6. The lowest BCUT2D eigenvalue weighted by molar-refractivity contribution is -0.138. The monoisotopic (exact) mass is 689 g/mol. The molecule has 2 atom stereocenters. The molecule has 4 bridgehead atoms. The van der Waals surface area contributed by atoms with Gasteiger partial charge in [-0.15, -0.1) is 0 Å². The molecule has 1 aromatic heterocycles. The summed E-state index contributed by atoms with van der Waals surface area (Å²) >= 11 is 0. The summed E-state index contributed by atoms with van der Waals surface area (Å²) in [5.74, 6) is -0.662. The first-order valence-corrected chi connectivity index (χ1v) is 17.6. The Labute approximate surface area is 277 Å². The van der Waals surface area contributed by atoms with E-state index in [1.54, 1.807) is 30.3 Å². The number of hydrogen-bond acceptors (Lipinski definition) is 9. The number of anilines is 2. The molecule has 0 saturated carbocycles. The molecule has 2 unspecified atom stereocenters. The number of carboxylic acid groups (broad SMARTS) is 1. The van der Waals surface area contributed by atoms with Crippen LogP contribution in [0.3, 0.4) is 0 Å². The number of nitrogens with zero attached hydrogens (tertiary/aromatic N) is 2. The first kappa shape index (κ1) is 34.2. The van der Waals surface area contributed by atoms with E-state index in [1.807, 2.05) is 13.8 Å². The number of fused-ring (bicyclic) bond motifs is 10. The Kier molecular flexibility index (Phi) is 10.2. The van der Waals surface area contributed by atoms with E-state index in [4.69, 9.17) is 0 Å². The fourth-order valence-electron chi connectivity index (χ4n) is 5.62. The van der Waals surface area contributed by atoms with Crippen molar-refractivity contribution in [1.82, 2.24) is 20.2 Å². The minimum atomic E-state index is -3.93. The average molecular weight is 690 g/mol. The number of nitrogens with one attached hydrogen (secondary N) is 4. The van der Waals surface area contributed by atoms with Crippen LogP contribution in [0.2, 0.25) is 0 Å². The standard InChI is InChI=1S/C33H33N6O7PS/c1-19-10-21-11-20(2)26(19)15-39(17-30(41)42)16-29(40)37-23-5-7-28(48(45,46)9-8-47-3)22(12-23)14-34-33(44)31(21)38-24-4-6-27-25(13-24)32(43)36-18-35-27/h4-13,18,31,38H,3,14-17H2,1-2H3,(H,34,44)(H,37,40)(H,41,42)(H,35,36,43)/p+1/b9-8+. The highest BCUT2D eigenvalue weighted by atomic mass is 32.2. The second-order valence-electron chi connectivity index (χ2n) is 11.4. The van der Waals surface area contributed by atoms with E-state index in [1.165, 1.54) is 35.2 Å². The highest BCUT2D eigenvalue weighted by Gasteiger charge is 2.26. The molecule has 0 radical (unpaired) electrons. The first-order valence-electron chi connectivity index (χ1n) is 14.8. The second-order valence-corrected chi connectivity index (χ2v) is 13.9. The van der Waals surface area contributed by atoms with Crippen molar-refractivity contribution in [3.05, 3.63) is 104 Å². The fourth-order valence-corrected chi connectivity index (χ4v) is 7.63. The van der Waals surface area contributed by atoms with Crippen LogP contribution in [0, 0.1) is 13.8 Å². The molecular formula is C33H34N6O7PS+. The number of aliphatic carboxylic acids is 1. The van der Waals surface area contributed by atoms with Gasteiger partial charge in [-0.05, 0) is 78.1 Å². The average Bonchev–Trinajstić information content (AvgIpc) is 3.02. The van der Waals surface area contributed by atoms with Crippen LogP contribution >= 0.6 is 8.20 Å². The lowest BCUT2D eigenvalue weighted by atomic mass is 9.94. The van der Waals surface area contributed by atoms with Crippen molar-refractivity contribution < 1.29 is 27.9 Å². The van der Waals surface area contributed by atoms with E-state index in [0.29, 0.717) is 22.2 Å². The summed E-state index contributed by atoms with van der Waals surface area (Å²) in [7, 11) is -3.93. The summed E-state index contributed by atoms with van der Waals surface area (Å²) in [6.07, 6.45) is 4.98. The number of rotatable bonds is 7. The molecule has 3 aromatic carbocycles. The quantitative estimate of drug-likeness (QED) is 0.180. The van der Waals surface area contributed by atoms with E-state index in [9.17, 15) is 32.7 Å². The van der Waals surface area contributed by atoms with Gasteiger partial charge >= 0.3 is 5.97 Å². The summed E-state index contributed by atoms with van der Waals surface area (Å²) in [5.41, 5.74) is 4.00. The van der Waals surface area contributed by atoms with Crippen molar-refractivity contribution in [2.45, 2.75) is 37.9 Å². The Balaban J connectivity index is 1.63. The maximum Gasteiger partial charge on any atom is 0.317 e. The lowest BCUT2D eigenvalue weighted by Crippen LogP contribution is -2.37. The highest BCUT2D eigenvalue weighted by Crippen LogP contribution is 2.28. The Hall–Kier alpha value is -5.17. The topological polar surface area (TPSA) is 191 Å². The maximum absolute atomic E-state index is 14.0. The smallest absolute Gasteiger partial charge is 0.317 e. The van der Waals surface area contributed by atoms with Gasteiger partial charge in [0.25, 0.3) is 5.56 Å². The third-order valence-electron chi connectivity index (χ3n) is 7.84. The SMILES string of the molecule is C=[PH+]/C=C/S(=O)(=O)c1ccc2cc1CNC(=O)C(Nc1ccc3nc[nH]c(=O)c3c1)c1cc(C)c(c(C)c1)CN(CC(=O)O)CC(=O)N2. The number of amides is 2. The van der Waals surface area contributed by atoms with Crippen molar-refractivity contribution in [3.63, 3.8) is 0 Å². The molecule has 3 heterocycles. The Morgan fingerprint density at radius 2 is 1.85 bits per heavy atom. The highest BCUT2D eigenvalue weighted by molar-refractivity contribution is 7.94. The van der Waals surface area contributed by atoms with Gasteiger partial charge in [0, 0.05) is 24.5 Å². The number of sulfone groups is 1. The van der Waals surface area contributed by atoms with Crippen molar-refractivity contribution in [2.24, 2.45) is 0 Å². The van der Waals surface area contributed by atoms with Gasteiger partial charge in [-0.3, -0.25) is 24.1 Å². The number of carbonyl (C=O) groups is 3. The van der Waals surface area contributed by atoms with Gasteiger partial charge in [-0.2, -0.15) is 0 Å². The van der Waals surface area contributed by atoms with Crippen molar-refractivity contribution in [2.75, 3.05) is 23.7 Å². The number of carboxylic acids is 1. The minimum absolute atomic E-state index is 0.00442. The van der Waals surface area contributed by atoms with Crippen LogP contribution in [0.1, 0.15) is 33.9 Å². The Morgan fingerprint density at radius 1 is 1.10 bits per heavy atom. The fraction of sp³-hybridized carbons (Fsp3) is 0.212. The van der Waals surface area contributed by atoms with E-state index in [2.05, 4.69) is 32.2 Å². The molecule has 13 nitrogen and oxygen atoms in total. The molecule has 4 aromatic rings. The predicted octanol–water partition coefficient (Wildman–Crippen LogP) is 3.20. The Bertz CT molecular complexity index is 2120. The number of aryl methyl sites for hydroxylation is 2. The number of H-pyrrole nitrogens is 1. The summed E-state index contributed by atoms with van der Waals surface area (Å²) in [6, 6.07) is 11.8. The number of aromatic nitrogens is 2. The van der Waals surface area contributed by atoms with Crippen LogP contribution < -0.4 is 21.5 Å². The van der Waals surface area contributed by atoms with Gasteiger partial charge in [0.05, 0.1) is 46.9 Å². The normalized spacial score (nSPS) is 16.2. The van der Waals surface area contributed by atoms with E-state index in [-0.39, 0.29) is 49.5 Å². The molecule has 6 rings (SSSR count). The van der Waals surface area contributed by atoms with Gasteiger partial charge in [-0.25, -0.2) is 13.4 Å². The molecular weight excluding hydrogens is 655 g/mol. The molecule has 0 fully saturated rings. The molecule has 5 N–H and O–H groups in total. The zero-order valence-corrected chi connectivity index (χ0v) is 28.0. The molecule has 48 heavy (non-hydrogen) atoms. The third-order valence-corrected chi connectivity index (χ3v) is 9.99. The van der Waals surface area contributed by atoms with Crippen LogP contribution in [0.4, 0.5) is 11.4 Å². The molecule has 248 valence electrons. The third kappa shape index (κ3) is 7.85. The lowest BCUT2D eigenvalue weighted by Gasteiger charge is -2.25. The molecule has 0 spiro atoms. The summed E-state index contributed by atoms with van der Waals surface area (Å²) in [6.45, 7) is 2.96. The number of aromatic amines is 1. The molecule has 2 amide bonds. The molecule has 2 aliphatic heterocycles. The second kappa shape index (κ2) is 14.3. The van der Waals surface area contributed by atoms with Crippen LogP contribution in [0.25, 0.3) is 10.9 Å². The van der Waals surface area contributed by atoms with Gasteiger partial charge in [0.2, 0.25) is 21.7 Å². The van der Waals surface area contributed by atoms with Crippen molar-refractivity contribution in [3.8, 4) is 0 Å². The van der Waals surface area contributed by atoms with Crippen LogP contribution in [-0.4, -0.2) is 65.6 Å². The summed E-state index contributed by atoms with van der Waals surface area (Å²) in [4.78, 5) is 59.5. The van der Waals surface area contributed by atoms with Gasteiger partial charge in [-0.1, -0.05) is 12.1 Å². The largest absolute Gasteiger partial charge is 0.480 e. The first-order chi connectivity index (χ1) is 22.8. The van der Waals surface area contributed by atoms with Gasteiger partial charge < -0.3 is 26.0 Å². The predicted molar refractivity (Wildman–Crippen MR) is 186 cm³/mol. The van der Waals surface area contributed by atoms with E-state index in [0.717, 1.165) is 22.1 Å². The summed E-state index contributed by atoms with van der Waals surface area (Å²) < 4.78 is 26.5. The van der Waals surface area contributed by atoms with E-state index < -0.39 is 40.2 Å². The van der Waals surface area contributed by atoms with Crippen molar-refractivity contribution in [1.29, 1.82) is 0 Å². The summed E-state index contributed by atoms with van der Waals surface area (Å²) in [5, 5.41) is 19.8. The number of hydrogen-bond donors (Lipinski definition) is 5. The van der Waals surface area contributed by atoms with Crippen LogP contribution in [-0.2, 0) is 37.3 Å². The van der Waals surface area contributed by atoms with E-state index >= 15 is 0 Å². The molecule has 0 aliphatic carbocycles. The minimum Gasteiger partial charge on any atom is -0.480 e. The van der Waals surface area contributed by atoms with Gasteiger partial charge in [0.1, 0.15) is 20.1 Å². The van der Waals surface area contributed by atoms with Crippen LogP contribution in [0.5, 0.6) is 0 Å². The number of benzene rings is 3. The van der Waals surface area contributed by atoms with Gasteiger partial charge in [0.15, 0.2) is 0 Å². The Morgan fingerprint density at radius 3 is 2.56 bits per heavy atom. The molecule has 15 heteroatoms. The van der Waals surface area contributed by atoms with Crippen LogP contribution in [0.15, 0.2) is 75.8 Å². The molecule has 0 saturated heterocycles. The number of carbonyl (C=O) groups excluding carboxylic acids is 2. The maximum atomic E-state index is 14.0.